The summed E-state index contributed by atoms with van der Waals surface area (Å²) in [6, 6.07) is 14.2. The van der Waals surface area contributed by atoms with Crippen molar-refractivity contribution in [2.75, 3.05) is 39.3 Å². The first-order chi connectivity index (χ1) is 13.7. The van der Waals surface area contributed by atoms with Crippen LogP contribution in [-0.4, -0.2) is 55.0 Å². The van der Waals surface area contributed by atoms with Gasteiger partial charge in [-0.2, -0.15) is 0 Å². The standard InChI is InChI=1S/C24H28N2O2/c27-24(17-28-23-8-7-19-3-1-2-4-20(19)15-23)26-11-9-25(10-12-26)16-22-14-18-5-6-21(22)13-18/h1-8,15,18,21-22H,9-14,16-17H2/t18-,21-,22+/m0/s1. The van der Waals surface area contributed by atoms with Gasteiger partial charge in [-0.25, -0.2) is 0 Å². The van der Waals surface area contributed by atoms with Gasteiger partial charge in [-0.15, -0.1) is 0 Å². The fraction of sp³-hybridized carbons (Fsp3) is 0.458. The molecule has 4 heteroatoms. The number of fused-ring (bicyclic) bond motifs is 3. The molecule has 1 saturated carbocycles. The van der Waals surface area contributed by atoms with Gasteiger partial charge in [0, 0.05) is 32.7 Å². The number of nitrogens with zero attached hydrogens (tertiary/aromatic N) is 2. The number of allylic oxidation sites excluding steroid dienone is 2. The van der Waals surface area contributed by atoms with Crippen molar-refractivity contribution in [3.63, 3.8) is 0 Å². The predicted octanol–water partition coefficient (Wildman–Crippen LogP) is 3.58. The van der Waals surface area contributed by atoms with E-state index in [1.165, 1.54) is 24.8 Å². The van der Waals surface area contributed by atoms with Crippen molar-refractivity contribution in [3.05, 3.63) is 54.6 Å². The number of piperazine rings is 1. The van der Waals surface area contributed by atoms with E-state index in [2.05, 4.69) is 29.2 Å². The molecule has 2 bridgehead atoms. The highest BCUT2D eigenvalue weighted by atomic mass is 16.5. The molecule has 2 fully saturated rings. The Labute approximate surface area is 166 Å². The minimum absolute atomic E-state index is 0.0932. The molecular weight excluding hydrogens is 348 g/mol. The molecule has 0 aromatic heterocycles. The van der Waals surface area contributed by atoms with Gasteiger partial charge in [0.05, 0.1) is 0 Å². The summed E-state index contributed by atoms with van der Waals surface area (Å²) in [5.74, 6) is 3.32. The number of rotatable bonds is 5. The summed E-state index contributed by atoms with van der Waals surface area (Å²) in [6.45, 7) is 4.92. The molecule has 1 heterocycles. The smallest absolute Gasteiger partial charge is 0.260 e. The molecule has 0 radical (unpaired) electrons. The van der Waals surface area contributed by atoms with E-state index in [9.17, 15) is 4.79 Å². The molecule has 2 aliphatic carbocycles. The molecule has 1 amide bonds. The SMILES string of the molecule is O=C(COc1ccc2ccccc2c1)N1CCN(C[C@H]2C[C@H]3C=C[C@H]2C3)CC1. The molecule has 146 valence electrons. The number of hydrogen-bond acceptors (Lipinski definition) is 3. The Balaban J connectivity index is 1.09. The van der Waals surface area contributed by atoms with Crippen molar-refractivity contribution in [1.29, 1.82) is 0 Å². The summed E-state index contributed by atoms with van der Waals surface area (Å²) in [5.41, 5.74) is 0. The Bertz CT molecular complexity index is 885. The van der Waals surface area contributed by atoms with Crippen LogP contribution in [0.4, 0.5) is 0 Å². The van der Waals surface area contributed by atoms with Crippen molar-refractivity contribution in [1.82, 2.24) is 9.80 Å². The molecular formula is C24H28N2O2. The van der Waals surface area contributed by atoms with Gasteiger partial charge in [-0.05, 0) is 53.5 Å². The second-order valence-electron chi connectivity index (χ2n) is 8.52. The van der Waals surface area contributed by atoms with E-state index in [1.807, 2.05) is 35.2 Å². The predicted molar refractivity (Wildman–Crippen MR) is 111 cm³/mol. The first-order valence-corrected chi connectivity index (χ1v) is 10.5. The zero-order chi connectivity index (χ0) is 18.9. The Kier molecular flexibility index (Phi) is 4.81. The molecule has 1 saturated heterocycles. The third-order valence-corrected chi connectivity index (χ3v) is 6.72. The molecule has 0 unspecified atom stereocenters. The monoisotopic (exact) mass is 376 g/mol. The zero-order valence-electron chi connectivity index (χ0n) is 16.3. The molecule has 3 aliphatic rings. The van der Waals surface area contributed by atoms with Crippen LogP contribution in [0.25, 0.3) is 10.8 Å². The highest BCUT2D eigenvalue weighted by Crippen LogP contribution is 2.43. The van der Waals surface area contributed by atoms with Crippen LogP contribution in [0.15, 0.2) is 54.6 Å². The van der Waals surface area contributed by atoms with Crippen LogP contribution < -0.4 is 4.74 Å². The molecule has 5 rings (SSSR count). The van der Waals surface area contributed by atoms with E-state index in [1.54, 1.807) is 0 Å². The quantitative estimate of drug-likeness (QED) is 0.748. The molecule has 0 spiro atoms. The van der Waals surface area contributed by atoms with E-state index in [0.717, 1.165) is 55.1 Å². The normalized spacial score (nSPS) is 26.9. The molecule has 2 aromatic rings. The van der Waals surface area contributed by atoms with Crippen LogP contribution in [0.2, 0.25) is 0 Å². The number of amides is 1. The fourth-order valence-corrected chi connectivity index (χ4v) is 5.11. The van der Waals surface area contributed by atoms with Crippen molar-refractivity contribution in [2.45, 2.75) is 12.8 Å². The van der Waals surface area contributed by atoms with Crippen LogP contribution in [0.3, 0.4) is 0 Å². The Morgan fingerprint density at radius 3 is 2.54 bits per heavy atom. The minimum Gasteiger partial charge on any atom is -0.484 e. The van der Waals surface area contributed by atoms with Gasteiger partial charge in [0.25, 0.3) is 5.91 Å². The third kappa shape index (κ3) is 3.66. The van der Waals surface area contributed by atoms with Crippen LogP contribution in [0, 0.1) is 17.8 Å². The zero-order valence-corrected chi connectivity index (χ0v) is 16.3. The largest absolute Gasteiger partial charge is 0.484 e. The summed E-state index contributed by atoms with van der Waals surface area (Å²) >= 11 is 0. The first kappa shape index (κ1) is 17.7. The number of benzene rings is 2. The second kappa shape index (κ2) is 7.59. The van der Waals surface area contributed by atoms with E-state index in [4.69, 9.17) is 4.74 Å². The summed E-state index contributed by atoms with van der Waals surface area (Å²) in [5, 5.41) is 2.32. The number of hydrogen-bond donors (Lipinski definition) is 0. The van der Waals surface area contributed by atoms with Crippen molar-refractivity contribution in [2.24, 2.45) is 17.8 Å². The van der Waals surface area contributed by atoms with Gasteiger partial charge in [0.1, 0.15) is 5.75 Å². The van der Waals surface area contributed by atoms with E-state index in [-0.39, 0.29) is 12.5 Å². The maximum Gasteiger partial charge on any atom is 0.260 e. The first-order valence-electron chi connectivity index (χ1n) is 10.5. The van der Waals surface area contributed by atoms with Crippen molar-refractivity contribution in [3.8, 4) is 5.75 Å². The number of ether oxygens (including phenoxy) is 1. The van der Waals surface area contributed by atoms with Gasteiger partial charge in [-0.3, -0.25) is 9.69 Å². The molecule has 0 N–H and O–H groups in total. The second-order valence-corrected chi connectivity index (χ2v) is 8.52. The molecule has 2 aromatic carbocycles. The number of carbonyl (C=O) groups excluding carboxylic acids is 1. The van der Waals surface area contributed by atoms with Crippen LogP contribution >= 0.6 is 0 Å². The minimum atomic E-state index is 0.0932. The van der Waals surface area contributed by atoms with Crippen LogP contribution in [0.5, 0.6) is 5.75 Å². The van der Waals surface area contributed by atoms with Gasteiger partial charge in [0.2, 0.25) is 0 Å². The lowest BCUT2D eigenvalue weighted by atomic mass is 9.93. The maximum atomic E-state index is 12.6. The Hall–Kier alpha value is -2.33. The van der Waals surface area contributed by atoms with E-state index in [0.29, 0.717) is 0 Å². The van der Waals surface area contributed by atoms with Gasteiger partial charge in [0.15, 0.2) is 6.61 Å². The van der Waals surface area contributed by atoms with Crippen LogP contribution in [-0.2, 0) is 4.79 Å². The van der Waals surface area contributed by atoms with E-state index >= 15 is 0 Å². The fourth-order valence-electron chi connectivity index (χ4n) is 5.11. The summed E-state index contributed by atoms with van der Waals surface area (Å²) < 4.78 is 5.78. The average molecular weight is 377 g/mol. The summed E-state index contributed by atoms with van der Waals surface area (Å²) in [6.07, 6.45) is 7.57. The van der Waals surface area contributed by atoms with Gasteiger partial charge < -0.3 is 9.64 Å². The van der Waals surface area contributed by atoms with Gasteiger partial charge in [-0.1, -0.05) is 42.5 Å². The molecule has 4 nitrogen and oxygen atoms in total. The average Bonchev–Trinajstić information content (AvgIpc) is 3.36. The van der Waals surface area contributed by atoms with Gasteiger partial charge >= 0.3 is 0 Å². The summed E-state index contributed by atoms with van der Waals surface area (Å²) in [4.78, 5) is 17.1. The van der Waals surface area contributed by atoms with E-state index < -0.39 is 0 Å². The highest BCUT2D eigenvalue weighted by Gasteiger charge is 2.36. The lowest BCUT2D eigenvalue weighted by molar-refractivity contribution is -0.135. The summed E-state index contributed by atoms with van der Waals surface area (Å²) in [7, 11) is 0. The highest BCUT2D eigenvalue weighted by molar-refractivity contribution is 5.84. The maximum absolute atomic E-state index is 12.6. The third-order valence-electron chi connectivity index (χ3n) is 6.72. The van der Waals surface area contributed by atoms with Crippen molar-refractivity contribution < 1.29 is 9.53 Å². The molecule has 28 heavy (non-hydrogen) atoms. The number of carbonyl (C=O) groups is 1. The lowest BCUT2D eigenvalue weighted by Crippen LogP contribution is -2.51. The Morgan fingerprint density at radius 2 is 1.79 bits per heavy atom. The van der Waals surface area contributed by atoms with Crippen LogP contribution in [0.1, 0.15) is 12.8 Å². The molecule has 1 aliphatic heterocycles. The lowest BCUT2D eigenvalue weighted by Gasteiger charge is -2.36. The van der Waals surface area contributed by atoms with Crippen molar-refractivity contribution >= 4 is 16.7 Å². The molecule has 3 atom stereocenters. The Morgan fingerprint density at radius 1 is 0.964 bits per heavy atom. The topological polar surface area (TPSA) is 32.8 Å².